The number of anilines is 1. The van der Waals surface area contributed by atoms with Crippen LogP contribution in [0.25, 0.3) is 10.9 Å². The van der Waals surface area contributed by atoms with Gasteiger partial charge in [0.1, 0.15) is 0 Å². The molecular formula is C25H22ClN3O5S. The lowest BCUT2D eigenvalue weighted by molar-refractivity contribution is -0.136. The molecule has 0 aliphatic rings. The highest BCUT2D eigenvalue weighted by atomic mass is 35.5. The van der Waals surface area contributed by atoms with Crippen molar-refractivity contribution in [1.29, 1.82) is 0 Å². The summed E-state index contributed by atoms with van der Waals surface area (Å²) in [5.74, 6) is -1.03. The first-order valence-electron chi connectivity index (χ1n) is 10.5. The normalized spacial score (nSPS) is 12.1. The highest BCUT2D eigenvalue weighted by Gasteiger charge is 2.19. The van der Waals surface area contributed by atoms with Gasteiger partial charge >= 0.3 is 5.97 Å². The van der Waals surface area contributed by atoms with Gasteiger partial charge in [0.05, 0.1) is 40.8 Å². The van der Waals surface area contributed by atoms with Gasteiger partial charge in [-0.2, -0.15) is 0 Å². The van der Waals surface area contributed by atoms with Crippen LogP contribution in [-0.4, -0.2) is 48.6 Å². The Kier molecular flexibility index (Phi) is 6.56. The number of aliphatic imine (C=N–C) groups is 1. The van der Waals surface area contributed by atoms with Crippen molar-refractivity contribution in [1.82, 2.24) is 4.98 Å². The van der Waals surface area contributed by atoms with E-state index in [4.69, 9.17) is 21.7 Å². The van der Waals surface area contributed by atoms with Crippen molar-refractivity contribution < 1.29 is 23.4 Å². The number of benzene rings is 3. The summed E-state index contributed by atoms with van der Waals surface area (Å²) < 4.78 is 24.8. The Labute approximate surface area is 207 Å². The van der Waals surface area contributed by atoms with Crippen molar-refractivity contribution in [3.63, 3.8) is 0 Å². The van der Waals surface area contributed by atoms with Gasteiger partial charge in [-0.05, 0) is 42.0 Å². The SMILES string of the molecule is CN(c1ccc(N=C(c2ccc(CC(=O)O)cc2)c2c(O)[nH]c3cc(Cl)ccc23)cc1)S(C)(=O)=O. The van der Waals surface area contributed by atoms with Gasteiger partial charge in [0, 0.05) is 23.0 Å². The number of aromatic hydroxyl groups is 1. The standard InChI is InChI=1S/C25H22ClN3O5S/c1-29(35(2,33)34)19-10-8-18(9-11-19)27-24(16-5-3-15(4-6-16)13-22(30)31)23-20-12-7-17(26)14-21(20)28-25(23)32/h3-12,14,28,32H,13H2,1-2H3,(H,30,31). The van der Waals surface area contributed by atoms with E-state index in [-0.39, 0.29) is 12.3 Å². The number of aromatic nitrogens is 1. The predicted octanol–water partition coefficient (Wildman–Crippen LogP) is 4.72. The van der Waals surface area contributed by atoms with E-state index in [9.17, 15) is 18.3 Å². The van der Waals surface area contributed by atoms with Crippen LogP contribution in [0.5, 0.6) is 5.88 Å². The minimum atomic E-state index is -3.41. The summed E-state index contributed by atoms with van der Waals surface area (Å²) >= 11 is 6.11. The molecule has 35 heavy (non-hydrogen) atoms. The van der Waals surface area contributed by atoms with Crippen molar-refractivity contribution in [2.75, 3.05) is 17.6 Å². The molecule has 0 bridgehead atoms. The molecular weight excluding hydrogens is 490 g/mol. The summed E-state index contributed by atoms with van der Waals surface area (Å²) in [4.78, 5) is 18.8. The molecule has 4 aromatic rings. The fourth-order valence-electron chi connectivity index (χ4n) is 3.67. The molecule has 0 unspecified atom stereocenters. The van der Waals surface area contributed by atoms with Crippen LogP contribution in [-0.2, 0) is 21.2 Å². The number of hydrogen-bond acceptors (Lipinski definition) is 5. The molecule has 180 valence electrons. The monoisotopic (exact) mass is 511 g/mol. The number of H-pyrrole nitrogens is 1. The third-order valence-corrected chi connectivity index (χ3v) is 6.95. The van der Waals surface area contributed by atoms with Crippen molar-refractivity contribution >= 4 is 55.6 Å². The Bertz CT molecular complexity index is 1540. The Balaban J connectivity index is 1.85. The molecule has 0 spiro atoms. The summed E-state index contributed by atoms with van der Waals surface area (Å²) in [7, 11) is -1.94. The number of nitrogens with one attached hydrogen (secondary N) is 1. The van der Waals surface area contributed by atoms with E-state index < -0.39 is 16.0 Å². The number of fused-ring (bicyclic) bond motifs is 1. The Morgan fingerprint density at radius 2 is 1.71 bits per heavy atom. The molecule has 3 aromatic carbocycles. The molecule has 0 fully saturated rings. The second-order valence-corrected chi connectivity index (χ2v) is 10.5. The smallest absolute Gasteiger partial charge is 0.307 e. The lowest BCUT2D eigenvalue weighted by Crippen LogP contribution is -2.24. The zero-order valence-corrected chi connectivity index (χ0v) is 20.4. The van der Waals surface area contributed by atoms with Gasteiger partial charge in [0.15, 0.2) is 5.88 Å². The largest absolute Gasteiger partial charge is 0.494 e. The van der Waals surface area contributed by atoms with E-state index >= 15 is 0 Å². The van der Waals surface area contributed by atoms with Crippen LogP contribution in [0, 0.1) is 0 Å². The minimum Gasteiger partial charge on any atom is -0.494 e. The lowest BCUT2D eigenvalue weighted by Gasteiger charge is -2.16. The van der Waals surface area contributed by atoms with Gasteiger partial charge in [0.2, 0.25) is 10.0 Å². The molecule has 0 saturated heterocycles. The minimum absolute atomic E-state index is 0.0935. The molecule has 0 radical (unpaired) electrons. The number of aromatic amines is 1. The molecule has 1 aromatic heterocycles. The van der Waals surface area contributed by atoms with E-state index in [1.807, 2.05) is 0 Å². The molecule has 3 N–H and O–H groups in total. The zero-order valence-electron chi connectivity index (χ0n) is 18.9. The van der Waals surface area contributed by atoms with Gasteiger partial charge in [-0.3, -0.25) is 9.10 Å². The van der Waals surface area contributed by atoms with Crippen LogP contribution in [0.1, 0.15) is 16.7 Å². The van der Waals surface area contributed by atoms with Crippen molar-refractivity contribution in [2.45, 2.75) is 6.42 Å². The molecule has 10 heteroatoms. The Hall–Kier alpha value is -3.82. The maximum Gasteiger partial charge on any atom is 0.307 e. The van der Waals surface area contributed by atoms with E-state index in [2.05, 4.69) is 4.98 Å². The van der Waals surface area contributed by atoms with Gasteiger partial charge in [-0.15, -0.1) is 0 Å². The molecule has 0 atom stereocenters. The summed E-state index contributed by atoms with van der Waals surface area (Å²) in [6.07, 6.45) is 1.01. The first kappa shape index (κ1) is 24.3. The van der Waals surface area contributed by atoms with Crippen LogP contribution >= 0.6 is 11.6 Å². The van der Waals surface area contributed by atoms with E-state index in [0.717, 1.165) is 10.6 Å². The topological polar surface area (TPSA) is 123 Å². The number of aliphatic carboxylic acids is 1. The number of nitrogens with zero attached hydrogens (tertiary/aromatic N) is 2. The van der Waals surface area contributed by atoms with Crippen LogP contribution < -0.4 is 4.31 Å². The fourth-order valence-corrected chi connectivity index (χ4v) is 4.35. The number of carboxylic acid groups (broad SMARTS) is 1. The number of rotatable bonds is 7. The average Bonchev–Trinajstić information content (AvgIpc) is 3.11. The zero-order chi connectivity index (χ0) is 25.3. The van der Waals surface area contributed by atoms with Gasteiger partial charge in [-0.25, -0.2) is 13.4 Å². The van der Waals surface area contributed by atoms with Gasteiger partial charge < -0.3 is 15.2 Å². The summed E-state index contributed by atoms with van der Waals surface area (Å²) in [5.41, 5.74) is 3.83. The number of sulfonamides is 1. The van der Waals surface area contributed by atoms with Crippen LogP contribution in [0.3, 0.4) is 0 Å². The lowest BCUT2D eigenvalue weighted by atomic mass is 9.99. The highest BCUT2D eigenvalue weighted by molar-refractivity contribution is 7.92. The highest BCUT2D eigenvalue weighted by Crippen LogP contribution is 2.33. The first-order chi connectivity index (χ1) is 16.5. The molecule has 0 aliphatic carbocycles. The second-order valence-electron chi connectivity index (χ2n) is 8.01. The molecule has 1 heterocycles. The first-order valence-corrected chi connectivity index (χ1v) is 12.7. The average molecular weight is 512 g/mol. The Morgan fingerprint density at radius 1 is 1.06 bits per heavy atom. The van der Waals surface area contributed by atoms with Crippen LogP contribution in [0.4, 0.5) is 11.4 Å². The summed E-state index contributed by atoms with van der Waals surface area (Å²) in [6.45, 7) is 0. The number of hydrogen-bond donors (Lipinski definition) is 3. The summed E-state index contributed by atoms with van der Waals surface area (Å²) in [6, 6.07) is 18.7. The van der Waals surface area contributed by atoms with Crippen molar-refractivity contribution in [3.8, 4) is 5.88 Å². The third-order valence-electron chi connectivity index (χ3n) is 5.51. The van der Waals surface area contributed by atoms with Crippen molar-refractivity contribution in [3.05, 3.63) is 88.4 Å². The predicted molar refractivity (Wildman–Crippen MR) is 138 cm³/mol. The summed E-state index contributed by atoms with van der Waals surface area (Å²) in [5, 5.41) is 21.1. The van der Waals surface area contributed by atoms with Crippen LogP contribution in [0.15, 0.2) is 71.7 Å². The number of halogens is 1. The van der Waals surface area contributed by atoms with E-state index in [0.29, 0.717) is 49.7 Å². The van der Waals surface area contributed by atoms with Crippen molar-refractivity contribution in [2.24, 2.45) is 4.99 Å². The molecule has 0 saturated carbocycles. The molecule has 8 nitrogen and oxygen atoms in total. The molecule has 4 rings (SSSR count). The van der Waals surface area contributed by atoms with Crippen LogP contribution in [0.2, 0.25) is 5.02 Å². The number of carboxylic acids is 1. The third kappa shape index (κ3) is 5.31. The quantitative estimate of drug-likeness (QED) is 0.310. The van der Waals surface area contributed by atoms with Gasteiger partial charge in [0.25, 0.3) is 0 Å². The number of carbonyl (C=O) groups is 1. The van der Waals surface area contributed by atoms with E-state index in [1.54, 1.807) is 66.7 Å². The maximum absolute atomic E-state index is 11.8. The molecule has 0 aliphatic heterocycles. The maximum atomic E-state index is 11.8. The fraction of sp³-hybridized carbons (Fsp3) is 0.120. The van der Waals surface area contributed by atoms with E-state index in [1.165, 1.54) is 7.05 Å². The molecule has 0 amide bonds. The second kappa shape index (κ2) is 9.44. The van der Waals surface area contributed by atoms with Gasteiger partial charge in [-0.1, -0.05) is 41.9 Å². The Morgan fingerprint density at radius 3 is 2.31 bits per heavy atom.